The molecule has 0 amide bonds. The average molecular weight is 382 g/mol. The van der Waals surface area contributed by atoms with Gasteiger partial charge in [-0.25, -0.2) is 0 Å². The third-order valence-electron chi connectivity index (χ3n) is 5.55. The second kappa shape index (κ2) is 5.49. The van der Waals surface area contributed by atoms with Crippen LogP contribution in [0.3, 0.4) is 0 Å². The van der Waals surface area contributed by atoms with Crippen LogP contribution in [0.15, 0.2) is 36.4 Å². The van der Waals surface area contributed by atoms with E-state index in [1.165, 1.54) is 11.6 Å². The van der Waals surface area contributed by atoms with Gasteiger partial charge >= 0.3 is 15.6 Å². The molecule has 0 fully saturated rings. The molecule has 0 bridgehead atoms. The molecule has 3 nitrogen and oxygen atoms in total. The first-order valence-corrected chi connectivity index (χ1v) is 9.79. The summed E-state index contributed by atoms with van der Waals surface area (Å²) in [6.07, 6.45) is 2.99. The zero-order valence-electron chi connectivity index (χ0n) is 14.1. The van der Waals surface area contributed by atoms with E-state index < -0.39 is 21.0 Å². The third-order valence-corrected chi connectivity index (χ3v) is 6.52. The van der Waals surface area contributed by atoms with Crippen LogP contribution in [-0.4, -0.2) is 13.9 Å². The molecule has 0 aromatic heterocycles. The van der Waals surface area contributed by atoms with Gasteiger partial charge in [-0.2, -0.15) is 21.6 Å². The highest BCUT2D eigenvalue weighted by molar-refractivity contribution is 7.88. The van der Waals surface area contributed by atoms with Gasteiger partial charge in [0.2, 0.25) is 0 Å². The van der Waals surface area contributed by atoms with E-state index in [1.807, 2.05) is 31.2 Å². The summed E-state index contributed by atoms with van der Waals surface area (Å²) in [5, 5.41) is 0. The van der Waals surface area contributed by atoms with Crippen molar-refractivity contribution in [1.29, 1.82) is 0 Å². The number of fused-ring (bicyclic) bond motifs is 4. The molecule has 0 saturated carbocycles. The second-order valence-electron chi connectivity index (χ2n) is 6.96. The fourth-order valence-electron chi connectivity index (χ4n) is 4.63. The number of hydrogen-bond acceptors (Lipinski definition) is 3. The van der Waals surface area contributed by atoms with E-state index in [2.05, 4.69) is 4.18 Å². The van der Waals surface area contributed by atoms with E-state index in [0.29, 0.717) is 12.0 Å². The first-order chi connectivity index (χ1) is 12.2. The van der Waals surface area contributed by atoms with Gasteiger partial charge in [-0.15, -0.1) is 0 Å². The predicted octanol–water partition coefficient (Wildman–Crippen LogP) is 4.40. The highest BCUT2D eigenvalue weighted by Gasteiger charge is 2.51. The standard InChI is InChI=1S/C19H17F3O3S/c1-12-4-2-5-13-8-10-18(16(12)13)11-9-14-6-3-7-15(17(14)18)25-26(23,24)19(20,21)22/h2-7H,8-11H2,1H3/t18-/m0/s1. The van der Waals surface area contributed by atoms with Crippen molar-refractivity contribution in [2.45, 2.75) is 43.5 Å². The van der Waals surface area contributed by atoms with Crippen LogP contribution in [0.4, 0.5) is 13.2 Å². The highest BCUT2D eigenvalue weighted by atomic mass is 32.2. The summed E-state index contributed by atoms with van der Waals surface area (Å²) < 4.78 is 66.3. The van der Waals surface area contributed by atoms with E-state index in [0.717, 1.165) is 36.0 Å². The van der Waals surface area contributed by atoms with Gasteiger partial charge in [-0.05, 0) is 60.9 Å². The minimum absolute atomic E-state index is 0.201. The largest absolute Gasteiger partial charge is 0.534 e. The Labute approximate surface area is 149 Å². The Morgan fingerprint density at radius 2 is 1.54 bits per heavy atom. The monoisotopic (exact) mass is 382 g/mol. The summed E-state index contributed by atoms with van der Waals surface area (Å²) in [5.41, 5.74) is -1.12. The molecule has 26 heavy (non-hydrogen) atoms. The summed E-state index contributed by atoms with van der Waals surface area (Å²) in [7, 11) is -5.71. The Morgan fingerprint density at radius 3 is 2.15 bits per heavy atom. The third kappa shape index (κ3) is 2.36. The van der Waals surface area contributed by atoms with Gasteiger partial charge in [0.05, 0.1) is 0 Å². The molecule has 0 saturated heterocycles. The molecule has 138 valence electrons. The first kappa shape index (κ1) is 17.4. The Bertz CT molecular complexity index is 992. The van der Waals surface area contributed by atoms with Crippen molar-refractivity contribution in [2.24, 2.45) is 0 Å². The predicted molar refractivity (Wildman–Crippen MR) is 90.6 cm³/mol. The Morgan fingerprint density at radius 1 is 0.962 bits per heavy atom. The maximum Gasteiger partial charge on any atom is 0.534 e. The molecule has 0 unspecified atom stereocenters. The molecule has 2 aliphatic rings. The minimum atomic E-state index is -5.71. The maximum absolute atomic E-state index is 12.8. The van der Waals surface area contributed by atoms with Crippen molar-refractivity contribution in [3.8, 4) is 5.75 Å². The molecule has 2 aromatic carbocycles. The van der Waals surface area contributed by atoms with Crippen molar-refractivity contribution < 1.29 is 25.8 Å². The van der Waals surface area contributed by atoms with Crippen molar-refractivity contribution in [3.05, 3.63) is 64.2 Å². The maximum atomic E-state index is 12.8. The van der Waals surface area contributed by atoms with Crippen LogP contribution in [0, 0.1) is 6.92 Å². The van der Waals surface area contributed by atoms with Gasteiger partial charge in [0.25, 0.3) is 0 Å². The van der Waals surface area contributed by atoms with E-state index in [9.17, 15) is 21.6 Å². The first-order valence-electron chi connectivity index (χ1n) is 8.38. The smallest absolute Gasteiger partial charge is 0.376 e. The lowest BCUT2D eigenvalue weighted by molar-refractivity contribution is -0.0500. The fourth-order valence-corrected chi connectivity index (χ4v) is 5.10. The van der Waals surface area contributed by atoms with Crippen LogP contribution < -0.4 is 4.18 Å². The second-order valence-corrected chi connectivity index (χ2v) is 8.50. The summed E-state index contributed by atoms with van der Waals surface area (Å²) in [6.45, 7) is 1.99. The van der Waals surface area contributed by atoms with Crippen LogP contribution in [0.25, 0.3) is 0 Å². The topological polar surface area (TPSA) is 43.4 Å². The Hall–Kier alpha value is -2.02. The summed E-state index contributed by atoms with van der Waals surface area (Å²) >= 11 is 0. The lowest BCUT2D eigenvalue weighted by Gasteiger charge is -2.29. The Balaban J connectivity index is 1.90. The van der Waals surface area contributed by atoms with Crippen molar-refractivity contribution in [3.63, 3.8) is 0 Å². The number of halogens is 3. The van der Waals surface area contributed by atoms with Crippen molar-refractivity contribution >= 4 is 10.1 Å². The molecule has 0 radical (unpaired) electrons. The number of hydrogen-bond donors (Lipinski definition) is 0. The van der Waals surface area contributed by atoms with Gasteiger partial charge in [-0.3, -0.25) is 0 Å². The lowest BCUT2D eigenvalue weighted by Crippen LogP contribution is -2.30. The van der Waals surface area contributed by atoms with Gasteiger partial charge < -0.3 is 4.18 Å². The summed E-state index contributed by atoms with van der Waals surface area (Å²) in [4.78, 5) is 0. The summed E-state index contributed by atoms with van der Waals surface area (Å²) in [6, 6.07) is 10.7. The minimum Gasteiger partial charge on any atom is -0.376 e. The van der Waals surface area contributed by atoms with E-state index in [-0.39, 0.29) is 5.75 Å². The van der Waals surface area contributed by atoms with Gasteiger partial charge in [0.1, 0.15) is 5.75 Å². The molecule has 0 aliphatic heterocycles. The molecule has 2 aliphatic carbocycles. The SMILES string of the molecule is Cc1cccc2c1[C@]1(CC2)CCc2cccc(OS(=O)(=O)C(F)(F)F)c21. The van der Waals surface area contributed by atoms with E-state index in [1.54, 1.807) is 6.07 Å². The molecule has 1 atom stereocenters. The molecule has 4 rings (SSSR count). The van der Waals surface area contributed by atoms with Crippen LogP contribution >= 0.6 is 0 Å². The van der Waals surface area contributed by atoms with E-state index >= 15 is 0 Å². The quantitative estimate of drug-likeness (QED) is 0.571. The molecule has 7 heteroatoms. The Kier molecular flexibility index (Phi) is 3.67. The van der Waals surface area contributed by atoms with Crippen LogP contribution in [0.1, 0.15) is 40.7 Å². The molecule has 1 spiro atoms. The normalized spacial score (nSPS) is 21.7. The molecule has 0 heterocycles. The highest BCUT2D eigenvalue weighted by Crippen LogP contribution is 2.56. The van der Waals surface area contributed by atoms with Gasteiger partial charge in [0.15, 0.2) is 0 Å². The molecular weight excluding hydrogens is 365 g/mol. The van der Waals surface area contributed by atoms with Crippen molar-refractivity contribution in [1.82, 2.24) is 0 Å². The van der Waals surface area contributed by atoms with Crippen LogP contribution in [-0.2, 0) is 28.4 Å². The lowest BCUT2D eigenvalue weighted by atomic mass is 9.75. The number of aryl methyl sites for hydroxylation is 3. The average Bonchev–Trinajstić information content (AvgIpc) is 3.11. The molecule has 2 aromatic rings. The number of rotatable bonds is 2. The summed E-state index contributed by atoms with van der Waals surface area (Å²) in [5.74, 6) is -0.201. The van der Waals surface area contributed by atoms with Gasteiger partial charge in [-0.1, -0.05) is 30.3 Å². The number of alkyl halides is 3. The number of benzene rings is 2. The van der Waals surface area contributed by atoms with Crippen LogP contribution in [0.2, 0.25) is 0 Å². The van der Waals surface area contributed by atoms with E-state index in [4.69, 9.17) is 0 Å². The van der Waals surface area contributed by atoms with Crippen molar-refractivity contribution in [2.75, 3.05) is 0 Å². The molecular formula is C19H17F3O3S. The molecule has 0 N–H and O–H groups in total. The zero-order valence-corrected chi connectivity index (χ0v) is 14.9. The van der Waals surface area contributed by atoms with Crippen LogP contribution in [0.5, 0.6) is 5.75 Å². The van der Waals surface area contributed by atoms with Gasteiger partial charge in [0, 0.05) is 11.0 Å². The fraction of sp³-hybridized carbons (Fsp3) is 0.368. The zero-order chi connectivity index (χ0) is 18.7.